The van der Waals surface area contributed by atoms with E-state index < -0.39 is 0 Å². The van der Waals surface area contributed by atoms with Crippen molar-refractivity contribution in [3.63, 3.8) is 0 Å². The lowest BCUT2D eigenvalue weighted by Gasteiger charge is -2.17. The first-order valence-electron chi connectivity index (χ1n) is 8.84. The summed E-state index contributed by atoms with van der Waals surface area (Å²) in [5.41, 5.74) is 3.75. The lowest BCUT2D eigenvalue weighted by atomic mass is 10.1. The Morgan fingerprint density at radius 1 is 1.15 bits per heavy atom. The fourth-order valence-electron chi connectivity index (χ4n) is 3.26. The lowest BCUT2D eigenvalue weighted by Crippen LogP contribution is -2.30. The first kappa shape index (κ1) is 16.9. The Morgan fingerprint density at radius 2 is 2.00 bits per heavy atom. The van der Waals surface area contributed by atoms with Crippen LogP contribution in [-0.2, 0) is 17.8 Å². The number of carbonyl (C=O) groups excluding carboxylic acids is 2. The highest BCUT2D eigenvalue weighted by Gasteiger charge is 2.36. The van der Waals surface area contributed by atoms with E-state index in [2.05, 4.69) is 10.6 Å². The van der Waals surface area contributed by atoms with E-state index in [0.29, 0.717) is 11.6 Å². The predicted molar refractivity (Wildman–Crippen MR) is 103 cm³/mol. The lowest BCUT2D eigenvalue weighted by molar-refractivity contribution is -0.119. The zero-order chi connectivity index (χ0) is 18.1. The Labute approximate surface area is 157 Å². The van der Waals surface area contributed by atoms with Crippen molar-refractivity contribution in [2.24, 2.45) is 5.92 Å². The molecule has 1 aliphatic carbocycles. The first-order chi connectivity index (χ1) is 12.6. The van der Waals surface area contributed by atoms with Crippen molar-refractivity contribution >= 4 is 34.9 Å². The molecule has 134 valence electrons. The fraction of sp³-hybridized carbons (Fsp3) is 0.300. The van der Waals surface area contributed by atoms with Gasteiger partial charge in [0.2, 0.25) is 5.91 Å². The molecule has 0 unspecified atom stereocenters. The normalized spacial score (nSPS) is 15.5. The Balaban J connectivity index is 1.37. The fourth-order valence-corrected chi connectivity index (χ4v) is 3.48. The molecular formula is C20H20ClN3O2. The van der Waals surface area contributed by atoms with Crippen LogP contribution in [0, 0.1) is 5.92 Å². The molecule has 0 radical (unpaired) electrons. The molecule has 26 heavy (non-hydrogen) atoms. The summed E-state index contributed by atoms with van der Waals surface area (Å²) in [6, 6.07) is 12.8. The van der Waals surface area contributed by atoms with Crippen molar-refractivity contribution < 1.29 is 9.59 Å². The number of rotatable bonds is 4. The number of benzene rings is 2. The molecule has 2 aliphatic rings. The quantitative estimate of drug-likeness (QED) is 0.856. The maximum absolute atomic E-state index is 12.3. The molecule has 0 bridgehead atoms. The van der Waals surface area contributed by atoms with Gasteiger partial charge in [0.15, 0.2) is 0 Å². The van der Waals surface area contributed by atoms with Crippen molar-refractivity contribution in [1.29, 1.82) is 0 Å². The minimum absolute atomic E-state index is 0.219. The summed E-state index contributed by atoms with van der Waals surface area (Å²) in [7, 11) is 0. The SMILES string of the molecule is O=C(NCc1cccc(Cl)c1)Nc1ccc2c(c1)CCN2C(=O)C1CC1. The molecule has 4 rings (SSSR count). The Morgan fingerprint density at radius 3 is 2.77 bits per heavy atom. The van der Waals surface area contributed by atoms with Crippen LogP contribution in [0.15, 0.2) is 42.5 Å². The van der Waals surface area contributed by atoms with Gasteiger partial charge in [-0.2, -0.15) is 0 Å². The van der Waals surface area contributed by atoms with E-state index in [4.69, 9.17) is 11.6 Å². The van der Waals surface area contributed by atoms with Crippen LogP contribution in [0.5, 0.6) is 0 Å². The molecule has 1 heterocycles. The molecule has 0 saturated heterocycles. The molecular weight excluding hydrogens is 350 g/mol. The third-order valence-corrected chi connectivity index (χ3v) is 5.00. The zero-order valence-corrected chi connectivity index (χ0v) is 15.1. The number of hydrogen-bond donors (Lipinski definition) is 2. The van der Waals surface area contributed by atoms with Gasteiger partial charge in [-0.1, -0.05) is 23.7 Å². The van der Waals surface area contributed by atoms with Crippen molar-refractivity contribution in [2.75, 3.05) is 16.8 Å². The maximum Gasteiger partial charge on any atom is 0.319 e. The number of anilines is 2. The van der Waals surface area contributed by atoms with E-state index in [9.17, 15) is 9.59 Å². The highest BCUT2D eigenvalue weighted by Crippen LogP contribution is 2.37. The van der Waals surface area contributed by atoms with Gasteiger partial charge in [-0.25, -0.2) is 4.79 Å². The molecule has 1 saturated carbocycles. The second-order valence-corrected chi connectivity index (χ2v) is 7.23. The monoisotopic (exact) mass is 369 g/mol. The van der Waals surface area contributed by atoms with E-state index in [1.165, 1.54) is 0 Å². The first-order valence-corrected chi connectivity index (χ1v) is 9.21. The number of nitrogens with one attached hydrogen (secondary N) is 2. The second kappa shape index (κ2) is 7.00. The average molecular weight is 370 g/mol. The van der Waals surface area contributed by atoms with Gasteiger partial charge >= 0.3 is 6.03 Å². The molecule has 2 N–H and O–H groups in total. The molecule has 0 atom stereocenters. The van der Waals surface area contributed by atoms with Gasteiger partial charge in [-0.05, 0) is 60.7 Å². The van der Waals surface area contributed by atoms with E-state index in [-0.39, 0.29) is 17.9 Å². The number of urea groups is 1. The van der Waals surface area contributed by atoms with Crippen LogP contribution in [0.1, 0.15) is 24.0 Å². The molecule has 1 aliphatic heterocycles. The van der Waals surface area contributed by atoms with Gasteiger partial charge in [0.05, 0.1) is 0 Å². The molecule has 3 amide bonds. The number of halogens is 1. The summed E-state index contributed by atoms with van der Waals surface area (Å²) >= 11 is 5.95. The van der Waals surface area contributed by atoms with Crippen LogP contribution in [-0.4, -0.2) is 18.5 Å². The zero-order valence-electron chi connectivity index (χ0n) is 14.3. The molecule has 2 aromatic rings. The third-order valence-electron chi connectivity index (χ3n) is 4.77. The largest absolute Gasteiger partial charge is 0.334 e. The van der Waals surface area contributed by atoms with E-state index in [0.717, 1.165) is 48.3 Å². The Kier molecular flexibility index (Phi) is 4.55. The van der Waals surface area contributed by atoms with Gasteiger partial charge in [-0.3, -0.25) is 4.79 Å². The predicted octanol–water partition coefficient (Wildman–Crippen LogP) is 3.96. The Bertz CT molecular complexity index is 864. The standard InChI is InChI=1S/C20H20ClN3O2/c21-16-3-1-2-13(10-16)12-22-20(26)23-17-6-7-18-15(11-17)8-9-24(18)19(25)14-4-5-14/h1-3,6-7,10-11,14H,4-5,8-9,12H2,(H2,22,23,26). The summed E-state index contributed by atoms with van der Waals surface area (Å²) in [4.78, 5) is 26.3. The number of fused-ring (bicyclic) bond motifs is 1. The molecule has 5 nitrogen and oxygen atoms in total. The summed E-state index contributed by atoms with van der Waals surface area (Å²) < 4.78 is 0. The summed E-state index contributed by atoms with van der Waals surface area (Å²) in [5.74, 6) is 0.458. The van der Waals surface area contributed by atoms with Gasteiger partial charge < -0.3 is 15.5 Å². The van der Waals surface area contributed by atoms with Crippen LogP contribution in [0.3, 0.4) is 0 Å². The van der Waals surface area contributed by atoms with Crippen molar-refractivity contribution in [1.82, 2.24) is 5.32 Å². The second-order valence-electron chi connectivity index (χ2n) is 6.80. The van der Waals surface area contributed by atoms with Crippen LogP contribution in [0.2, 0.25) is 5.02 Å². The highest BCUT2D eigenvalue weighted by molar-refractivity contribution is 6.30. The number of nitrogens with zero attached hydrogens (tertiary/aromatic N) is 1. The average Bonchev–Trinajstić information content (AvgIpc) is 3.39. The van der Waals surface area contributed by atoms with Crippen molar-refractivity contribution in [3.8, 4) is 0 Å². The van der Waals surface area contributed by atoms with Crippen molar-refractivity contribution in [3.05, 3.63) is 58.6 Å². The summed E-state index contributed by atoms with van der Waals surface area (Å²) in [6.45, 7) is 1.14. The van der Waals surface area contributed by atoms with Gasteiger partial charge in [0.25, 0.3) is 0 Å². The van der Waals surface area contributed by atoms with Gasteiger partial charge in [0.1, 0.15) is 0 Å². The third kappa shape index (κ3) is 3.68. The maximum atomic E-state index is 12.3. The number of amides is 3. The molecule has 0 aromatic heterocycles. The van der Waals surface area contributed by atoms with E-state index in [1.54, 1.807) is 6.07 Å². The molecule has 0 spiro atoms. The summed E-state index contributed by atoms with van der Waals surface area (Å²) in [5, 5.41) is 6.32. The van der Waals surface area contributed by atoms with Crippen LogP contribution >= 0.6 is 11.6 Å². The number of carbonyl (C=O) groups is 2. The van der Waals surface area contributed by atoms with Gasteiger partial charge in [0, 0.05) is 35.4 Å². The number of hydrogen-bond acceptors (Lipinski definition) is 2. The van der Waals surface area contributed by atoms with Crippen molar-refractivity contribution in [2.45, 2.75) is 25.8 Å². The van der Waals surface area contributed by atoms with E-state index in [1.807, 2.05) is 41.3 Å². The topological polar surface area (TPSA) is 61.4 Å². The Hall–Kier alpha value is -2.53. The molecule has 2 aromatic carbocycles. The molecule has 6 heteroatoms. The van der Waals surface area contributed by atoms with Gasteiger partial charge in [-0.15, -0.1) is 0 Å². The van der Waals surface area contributed by atoms with Crippen LogP contribution in [0.25, 0.3) is 0 Å². The smallest absolute Gasteiger partial charge is 0.319 e. The van der Waals surface area contributed by atoms with Crippen LogP contribution < -0.4 is 15.5 Å². The van der Waals surface area contributed by atoms with E-state index >= 15 is 0 Å². The minimum atomic E-state index is -0.270. The molecule has 1 fully saturated rings. The summed E-state index contributed by atoms with van der Waals surface area (Å²) in [6.07, 6.45) is 2.85. The highest BCUT2D eigenvalue weighted by atomic mass is 35.5. The van der Waals surface area contributed by atoms with Crippen LogP contribution in [0.4, 0.5) is 16.2 Å². The minimum Gasteiger partial charge on any atom is -0.334 e.